The van der Waals surface area contributed by atoms with E-state index >= 15 is 0 Å². The van der Waals surface area contributed by atoms with Crippen molar-refractivity contribution in [1.82, 2.24) is 20.1 Å². The van der Waals surface area contributed by atoms with Crippen molar-refractivity contribution < 1.29 is 4.79 Å². The number of benzene rings is 2. The summed E-state index contributed by atoms with van der Waals surface area (Å²) >= 11 is 0. The molecule has 1 unspecified atom stereocenters. The van der Waals surface area contributed by atoms with E-state index in [4.69, 9.17) is 0 Å². The lowest BCUT2D eigenvalue weighted by molar-refractivity contribution is -0.134. The number of carbonyl (C=O) groups is 1. The SMILES string of the molecule is CC1CN(c2ccc(C#N)c3ncccc23)C[C@@H](C)N1CC(=O)N1CCc2cc(N3CCNCC3)ccc2C1. The first kappa shape index (κ1) is 25.6. The molecule has 1 amide bonds. The largest absolute Gasteiger partial charge is 0.369 e. The van der Waals surface area contributed by atoms with Gasteiger partial charge in [-0.25, -0.2) is 0 Å². The molecule has 0 radical (unpaired) electrons. The lowest BCUT2D eigenvalue weighted by Gasteiger charge is -2.46. The number of anilines is 2. The van der Waals surface area contributed by atoms with Crippen molar-refractivity contribution in [1.29, 1.82) is 5.26 Å². The van der Waals surface area contributed by atoms with E-state index in [1.165, 1.54) is 16.8 Å². The fraction of sp³-hybridized carbons (Fsp3) is 0.452. The molecule has 202 valence electrons. The summed E-state index contributed by atoms with van der Waals surface area (Å²) in [6.07, 6.45) is 2.66. The number of rotatable bonds is 4. The van der Waals surface area contributed by atoms with Crippen LogP contribution in [0.3, 0.4) is 0 Å². The molecule has 0 aliphatic carbocycles. The summed E-state index contributed by atoms with van der Waals surface area (Å²) in [6, 6.07) is 17.4. The van der Waals surface area contributed by atoms with Gasteiger partial charge in [-0.15, -0.1) is 0 Å². The molecule has 3 aliphatic heterocycles. The number of pyridine rings is 1. The molecule has 2 saturated heterocycles. The van der Waals surface area contributed by atoms with Gasteiger partial charge >= 0.3 is 0 Å². The van der Waals surface area contributed by atoms with Crippen LogP contribution in [0.2, 0.25) is 0 Å². The van der Waals surface area contributed by atoms with Crippen LogP contribution in [-0.4, -0.2) is 85.1 Å². The van der Waals surface area contributed by atoms with Crippen LogP contribution in [-0.2, 0) is 17.8 Å². The maximum atomic E-state index is 13.5. The van der Waals surface area contributed by atoms with Crippen molar-refractivity contribution in [2.75, 3.05) is 62.2 Å². The van der Waals surface area contributed by atoms with Gasteiger partial charge in [0.15, 0.2) is 0 Å². The van der Waals surface area contributed by atoms with E-state index in [1.807, 2.05) is 29.2 Å². The molecule has 6 rings (SSSR count). The minimum absolute atomic E-state index is 0.215. The van der Waals surface area contributed by atoms with Gasteiger partial charge in [-0.05, 0) is 67.8 Å². The fourth-order valence-corrected chi connectivity index (χ4v) is 6.52. The Morgan fingerprint density at radius 1 is 1.03 bits per heavy atom. The van der Waals surface area contributed by atoms with E-state index in [-0.39, 0.29) is 18.0 Å². The molecule has 0 spiro atoms. The Morgan fingerprint density at radius 3 is 2.59 bits per heavy atom. The monoisotopic (exact) mass is 523 g/mol. The molecule has 1 aromatic heterocycles. The zero-order valence-electron chi connectivity index (χ0n) is 22.9. The van der Waals surface area contributed by atoms with Gasteiger partial charge in [-0.2, -0.15) is 5.26 Å². The number of carbonyl (C=O) groups excluding carboxylic acids is 1. The second kappa shape index (κ2) is 10.8. The Hall–Kier alpha value is -3.67. The summed E-state index contributed by atoms with van der Waals surface area (Å²) in [5.74, 6) is 0.215. The van der Waals surface area contributed by atoms with Gasteiger partial charge in [0.1, 0.15) is 6.07 Å². The molecule has 0 saturated carbocycles. The smallest absolute Gasteiger partial charge is 0.237 e. The fourth-order valence-electron chi connectivity index (χ4n) is 6.52. The molecule has 39 heavy (non-hydrogen) atoms. The van der Waals surface area contributed by atoms with E-state index in [0.717, 1.165) is 68.8 Å². The third kappa shape index (κ3) is 5.05. The van der Waals surface area contributed by atoms with Gasteiger partial charge < -0.3 is 20.0 Å². The number of hydrogen-bond acceptors (Lipinski definition) is 7. The number of nitrogens with one attached hydrogen (secondary N) is 1. The number of aromatic nitrogens is 1. The van der Waals surface area contributed by atoms with Crippen LogP contribution in [0.1, 0.15) is 30.5 Å². The van der Waals surface area contributed by atoms with Crippen LogP contribution in [0, 0.1) is 11.3 Å². The van der Waals surface area contributed by atoms with Gasteiger partial charge in [0.2, 0.25) is 5.91 Å². The molecule has 1 N–H and O–H groups in total. The second-order valence-electron chi connectivity index (χ2n) is 11.2. The van der Waals surface area contributed by atoms with E-state index in [2.05, 4.69) is 63.1 Å². The van der Waals surface area contributed by atoms with Crippen LogP contribution in [0.5, 0.6) is 0 Å². The van der Waals surface area contributed by atoms with Crippen LogP contribution in [0.4, 0.5) is 11.4 Å². The maximum Gasteiger partial charge on any atom is 0.237 e. The van der Waals surface area contributed by atoms with E-state index in [0.29, 0.717) is 18.7 Å². The van der Waals surface area contributed by atoms with Crippen molar-refractivity contribution >= 4 is 28.2 Å². The molecule has 0 bridgehead atoms. The Kier molecular flexibility index (Phi) is 7.11. The number of fused-ring (bicyclic) bond motifs is 2. The molecule has 8 heteroatoms. The highest BCUT2D eigenvalue weighted by Gasteiger charge is 2.33. The Labute approximate surface area is 230 Å². The second-order valence-corrected chi connectivity index (χ2v) is 11.2. The summed E-state index contributed by atoms with van der Waals surface area (Å²) < 4.78 is 0. The zero-order chi connectivity index (χ0) is 26.9. The number of amides is 1. The van der Waals surface area contributed by atoms with Gasteiger partial charge in [0.05, 0.1) is 17.6 Å². The minimum atomic E-state index is 0.215. The zero-order valence-corrected chi connectivity index (χ0v) is 22.9. The average Bonchev–Trinajstić information content (AvgIpc) is 2.98. The quantitative estimate of drug-likeness (QED) is 0.563. The van der Waals surface area contributed by atoms with Crippen molar-refractivity contribution in [2.45, 2.75) is 38.9 Å². The molecule has 3 aliphatic rings. The van der Waals surface area contributed by atoms with Gasteiger partial charge in [0, 0.05) is 87.4 Å². The minimum Gasteiger partial charge on any atom is -0.369 e. The predicted octanol–water partition coefficient (Wildman–Crippen LogP) is 3.00. The number of nitrogens with zero attached hydrogens (tertiary/aromatic N) is 6. The number of piperazine rings is 2. The Morgan fingerprint density at radius 2 is 1.82 bits per heavy atom. The average molecular weight is 524 g/mol. The highest BCUT2D eigenvalue weighted by molar-refractivity contribution is 5.95. The summed E-state index contributed by atoms with van der Waals surface area (Å²) in [7, 11) is 0. The lowest BCUT2D eigenvalue weighted by atomic mass is 9.98. The maximum absolute atomic E-state index is 13.5. The van der Waals surface area contributed by atoms with Gasteiger partial charge in [0.25, 0.3) is 0 Å². The van der Waals surface area contributed by atoms with Gasteiger partial charge in [-0.3, -0.25) is 14.7 Å². The number of nitriles is 1. The normalized spacial score (nSPS) is 22.0. The molecule has 4 heterocycles. The molecule has 2 aromatic carbocycles. The van der Waals surface area contributed by atoms with Crippen LogP contribution in [0.15, 0.2) is 48.7 Å². The first-order chi connectivity index (χ1) is 19.0. The third-order valence-corrected chi connectivity index (χ3v) is 8.66. The summed E-state index contributed by atoms with van der Waals surface area (Å²) in [5, 5.41) is 13.9. The van der Waals surface area contributed by atoms with E-state index < -0.39 is 0 Å². The third-order valence-electron chi connectivity index (χ3n) is 8.66. The molecular weight excluding hydrogens is 486 g/mol. The van der Waals surface area contributed by atoms with Crippen LogP contribution < -0.4 is 15.1 Å². The topological polar surface area (TPSA) is 78.7 Å². The van der Waals surface area contributed by atoms with Crippen molar-refractivity contribution in [3.63, 3.8) is 0 Å². The summed E-state index contributed by atoms with van der Waals surface area (Å²) in [4.78, 5) is 27.2. The standard InChI is InChI=1S/C31H37N7O/c1-22-18-37(29-8-6-25(17-32)31-28(29)4-3-10-34-31)19-23(2)38(22)21-30(39)36-13-9-24-16-27(7-5-26(24)20-36)35-14-11-33-12-15-35/h3-8,10,16,22-23,33H,9,11-15,18-21H2,1-2H3/t22-,23?/m1/s1. The molecule has 2 fully saturated rings. The Balaban J connectivity index is 1.11. The number of hydrogen-bond donors (Lipinski definition) is 1. The highest BCUT2D eigenvalue weighted by atomic mass is 16.2. The first-order valence-electron chi connectivity index (χ1n) is 14.2. The van der Waals surface area contributed by atoms with Gasteiger partial charge in [-0.1, -0.05) is 6.07 Å². The Bertz CT molecular complexity index is 1400. The van der Waals surface area contributed by atoms with E-state index in [9.17, 15) is 10.1 Å². The van der Waals surface area contributed by atoms with Crippen molar-refractivity contribution in [3.8, 4) is 6.07 Å². The predicted molar refractivity (Wildman–Crippen MR) is 155 cm³/mol. The summed E-state index contributed by atoms with van der Waals surface area (Å²) in [5.41, 5.74) is 6.43. The lowest BCUT2D eigenvalue weighted by Crippen LogP contribution is -2.59. The van der Waals surface area contributed by atoms with E-state index in [1.54, 1.807) is 6.20 Å². The molecule has 2 atom stereocenters. The molecule has 3 aromatic rings. The molecular formula is C31H37N7O. The summed E-state index contributed by atoms with van der Waals surface area (Å²) in [6.45, 7) is 12.2. The van der Waals surface area contributed by atoms with Crippen LogP contribution >= 0.6 is 0 Å². The molecule has 8 nitrogen and oxygen atoms in total. The first-order valence-corrected chi connectivity index (χ1v) is 14.2. The van der Waals surface area contributed by atoms with Crippen molar-refractivity contribution in [2.24, 2.45) is 0 Å². The highest BCUT2D eigenvalue weighted by Crippen LogP contribution is 2.31. The van der Waals surface area contributed by atoms with Crippen LogP contribution in [0.25, 0.3) is 10.9 Å². The van der Waals surface area contributed by atoms with Crippen molar-refractivity contribution in [3.05, 3.63) is 65.4 Å².